The highest BCUT2D eigenvalue weighted by atomic mass is 79.9. The van der Waals surface area contributed by atoms with Crippen LogP contribution in [0.2, 0.25) is 5.02 Å². The Morgan fingerprint density at radius 1 is 1.20 bits per heavy atom. The van der Waals surface area contributed by atoms with Gasteiger partial charge in [-0.05, 0) is 58.4 Å². The van der Waals surface area contributed by atoms with E-state index in [2.05, 4.69) is 31.2 Å². The van der Waals surface area contributed by atoms with Gasteiger partial charge in [0.15, 0.2) is 0 Å². The normalized spacial score (nSPS) is 10.4. The van der Waals surface area contributed by atoms with Crippen LogP contribution in [0.25, 0.3) is 11.3 Å². The van der Waals surface area contributed by atoms with E-state index in [0.29, 0.717) is 33.4 Å². The first kappa shape index (κ1) is 17.4. The molecule has 1 N–H and O–H groups in total. The second-order valence-electron chi connectivity index (χ2n) is 5.06. The number of amides is 1. The van der Waals surface area contributed by atoms with Crippen LogP contribution in [0, 0.1) is 0 Å². The third-order valence-corrected chi connectivity index (χ3v) is 4.22. The molecule has 2 aromatic heterocycles. The van der Waals surface area contributed by atoms with E-state index in [0.717, 1.165) is 4.47 Å². The standard InChI is InChI=1S/C18H13BrClN3O2/c1-25-15-9-11(18(24)23-16-7-5-12(19)10-22-16)4-6-13(15)17-14(20)3-2-8-21-17/h2-10H,1H3,(H,22,23,24). The van der Waals surface area contributed by atoms with Crippen molar-refractivity contribution >= 4 is 39.3 Å². The second-order valence-corrected chi connectivity index (χ2v) is 6.39. The molecule has 0 aliphatic carbocycles. The molecule has 0 aliphatic rings. The number of carbonyl (C=O) groups is 1. The average Bonchev–Trinajstić information content (AvgIpc) is 2.63. The van der Waals surface area contributed by atoms with Crippen LogP contribution in [-0.2, 0) is 0 Å². The molecule has 0 unspecified atom stereocenters. The molecule has 3 aromatic rings. The molecule has 0 saturated heterocycles. The number of hydrogen-bond donors (Lipinski definition) is 1. The van der Waals surface area contributed by atoms with Crippen LogP contribution in [-0.4, -0.2) is 23.0 Å². The van der Waals surface area contributed by atoms with Crippen molar-refractivity contribution in [3.63, 3.8) is 0 Å². The fourth-order valence-corrected chi connectivity index (χ4v) is 2.71. The summed E-state index contributed by atoms with van der Waals surface area (Å²) in [5.41, 5.74) is 1.76. The molecular weight excluding hydrogens is 406 g/mol. The van der Waals surface area contributed by atoms with Gasteiger partial charge >= 0.3 is 0 Å². The van der Waals surface area contributed by atoms with Crippen LogP contribution in [0.4, 0.5) is 5.82 Å². The van der Waals surface area contributed by atoms with E-state index in [1.165, 1.54) is 7.11 Å². The zero-order valence-electron chi connectivity index (χ0n) is 13.2. The summed E-state index contributed by atoms with van der Waals surface area (Å²) in [6.45, 7) is 0. The molecule has 0 saturated carbocycles. The van der Waals surface area contributed by atoms with Crippen LogP contribution in [0.5, 0.6) is 5.75 Å². The zero-order chi connectivity index (χ0) is 17.8. The molecular formula is C18H13BrClN3O2. The van der Waals surface area contributed by atoms with Gasteiger partial charge in [0.05, 0.1) is 17.8 Å². The SMILES string of the molecule is COc1cc(C(=O)Nc2ccc(Br)cn2)ccc1-c1ncccc1Cl. The van der Waals surface area contributed by atoms with Gasteiger partial charge in [0.1, 0.15) is 11.6 Å². The van der Waals surface area contributed by atoms with Gasteiger partial charge in [-0.15, -0.1) is 0 Å². The summed E-state index contributed by atoms with van der Waals surface area (Å²) in [5, 5.41) is 3.25. The van der Waals surface area contributed by atoms with Crippen molar-refractivity contribution in [3.8, 4) is 17.0 Å². The lowest BCUT2D eigenvalue weighted by Crippen LogP contribution is -2.13. The van der Waals surface area contributed by atoms with Gasteiger partial charge < -0.3 is 10.1 Å². The summed E-state index contributed by atoms with van der Waals surface area (Å²) in [5.74, 6) is 0.688. The summed E-state index contributed by atoms with van der Waals surface area (Å²) >= 11 is 9.50. The number of ether oxygens (including phenoxy) is 1. The molecule has 0 aliphatic heterocycles. The van der Waals surface area contributed by atoms with Crippen LogP contribution in [0.15, 0.2) is 59.3 Å². The van der Waals surface area contributed by atoms with Crippen LogP contribution < -0.4 is 10.1 Å². The monoisotopic (exact) mass is 417 g/mol. The highest BCUT2D eigenvalue weighted by molar-refractivity contribution is 9.10. The molecule has 7 heteroatoms. The van der Waals surface area contributed by atoms with Gasteiger partial charge in [0.2, 0.25) is 0 Å². The van der Waals surface area contributed by atoms with Crippen LogP contribution >= 0.6 is 27.5 Å². The minimum absolute atomic E-state index is 0.285. The number of methoxy groups -OCH3 is 1. The molecule has 5 nitrogen and oxygen atoms in total. The van der Waals surface area contributed by atoms with Crippen molar-refractivity contribution in [1.29, 1.82) is 0 Å². The lowest BCUT2D eigenvalue weighted by atomic mass is 10.1. The zero-order valence-corrected chi connectivity index (χ0v) is 15.5. The minimum Gasteiger partial charge on any atom is -0.496 e. The maximum Gasteiger partial charge on any atom is 0.256 e. The smallest absolute Gasteiger partial charge is 0.256 e. The van der Waals surface area contributed by atoms with E-state index in [-0.39, 0.29) is 5.91 Å². The molecule has 0 radical (unpaired) electrons. The Morgan fingerprint density at radius 2 is 2.04 bits per heavy atom. The van der Waals surface area contributed by atoms with Gasteiger partial charge in [0.25, 0.3) is 5.91 Å². The minimum atomic E-state index is -0.285. The highest BCUT2D eigenvalue weighted by Gasteiger charge is 2.14. The lowest BCUT2D eigenvalue weighted by Gasteiger charge is -2.11. The fraction of sp³-hybridized carbons (Fsp3) is 0.0556. The van der Waals surface area contributed by atoms with Crippen molar-refractivity contribution in [3.05, 3.63) is 69.9 Å². The molecule has 3 rings (SSSR count). The first-order valence-electron chi connectivity index (χ1n) is 7.30. The summed E-state index contributed by atoms with van der Waals surface area (Å²) in [7, 11) is 1.54. The number of rotatable bonds is 4. The predicted molar refractivity (Wildman–Crippen MR) is 101 cm³/mol. The molecule has 0 atom stereocenters. The molecule has 1 amide bonds. The number of nitrogens with one attached hydrogen (secondary N) is 1. The maximum absolute atomic E-state index is 12.4. The number of carbonyl (C=O) groups excluding carboxylic acids is 1. The Hall–Kier alpha value is -2.44. The Morgan fingerprint density at radius 3 is 2.72 bits per heavy atom. The molecule has 0 bridgehead atoms. The Bertz CT molecular complexity index is 916. The van der Waals surface area contributed by atoms with E-state index in [4.69, 9.17) is 16.3 Å². The average molecular weight is 419 g/mol. The van der Waals surface area contributed by atoms with Crippen molar-refractivity contribution in [2.45, 2.75) is 0 Å². The predicted octanol–water partition coefficient (Wildman–Crippen LogP) is 4.82. The van der Waals surface area contributed by atoms with Gasteiger partial charge in [-0.25, -0.2) is 4.98 Å². The first-order valence-corrected chi connectivity index (χ1v) is 8.47. The van der Waals surface area contributed by atoms with E-state index in [1.807, 2.05) is 0 Å². The number of hydrogen-bond acceptors (Lipinski definition) is 4. The van der Waals surface area contributed by atoms with Crippen molar-refractivity contribution < 1.29 is 9.53 Å². The maximum atomic E-state index is 12.4. The second kappa shape index (κ2) is 7.63. The molecule has 126 valence electrons. The van der Waals surface area contributed by atoms with Gasteiger partial charge in [0, 0.05) is 28.0 Å². The molecule has 0 fully saturated rings. The van der Waals surface area contributed by atoms with E-state index >= 15 is 0 Å². The van der Waals surface area contributed by atoms with Crippen molar-refractivity contribution in [2.24, 2.45) is 0 Å². The van der Waals surface area contributed by atoms with Crippen LogP contribution in [0.3, 0.4) is 0 Å². The van der Waals surface area contributed by atoms with Gasteiger partial charge in [-0.2, -0.15) is 0 Å². The largest absolute Gasteiger partial charge is 0.496 e. The lowest BCUT2D eigenvalue weighted by molar-refractivity contribution is 0.102. The third-order valence-electron chi connectivity index (χ3n) is 3.45. The first-order chi connectivity index (χ1) is 12.1. The number of aromatic nitrogens is 2. The quantitative estimate of drug-likeness (QED) is 0.660. The Balaban J connectivity index is 1.90. The van der Waals surface area contributed by atoms with Gasteiger partial charge in [-0.1, -0.05) is 11.6 Å². The highest BCUT2D eigenvalue weighted by Crippen LogP contribution is 2.33. The number of pyridine rings is 2. The topological polar surface area (TPSA) is 64.1 Å². The van der Waals surface area contributed by atoms with E-state index < -0.39 is 0 Å². The fourth-order valence-electron chi connectivity index (χ4n) is 2.25. The summed E-state index contributed by atoms with van der Waals surface area (Å²) < 4.78 is 6.25. The Labute approximate surface area is 158 Å². The third kappa shape index (κ3) is 3.97. The summed E-state index contributed by atoms with van der Waals surface area (Å²) in [6.07, 6.45) is 3.27. The summed E-state index contributed by atoms with van der Waals surface area (Å²) in [4.78, 5) is 20.8. The van der Waals surface area contributed by atoms with E-state index in [1.54, 1.807) is 54.9 Å². The molecule has 0 spiro atoms. The molecule has 25 heavy (non-hydrogen) atoms. The van der Waals surface area contributed by atoms with E-state index in [9.17, 15) is 4.79 Å². The number of halogens is 2. The number of nitrogens with zero attached hydrogens (tertiary/aromatic N) is 2. The van der Waals surface area contributed by atoms with Crippen LogP contribution in [0.1, 0.15) is 10.4 Å². The molecule has 1 aromatic carbocycles. The number of anilines is 1. The Kier molecular flexibility index (Phi) is 5.31. The van der Waals surface area contributed by atoms with Crippen molar-refractivity contribution in [1.82, 2.24) is 9.97 Å². The van der Waals surface area contributed by atoms with Gasteiger partial charge in [-0.3, -0.25) is 9.78 Å². The number of benzene rings is 1. The van der Waals surface area contributed by atoms with Crippen molar-refractivity contribution in [2.75, 3.05) is 12.4 Å². The summed E-state index contributed by atoms with van der Waals surface area (Å²) in [6, 6.07) is 12.1. The molecule has 2 heterocycles.